The van der Waals surface area contributed by atoms with Gasteiger partial charge in [-0.15, -0.1) is 0 Å². The fraction of sp³-hybridized carbons (Fsp3) is 0.500. The summed E-state index contributed by atoms with van der Waals surface area (Å²) >= 11 is 5.92. The van der Waals surface area contributed by atoms with Gasteiger partial charge < -0.3 is 10.6 Å². The number of amides is 1. The van der Waals surface area contributed by atoms with E-state index in [1.54, 1.807) is 12.1 Å². The number of nitrogens with two attached hydrogens (primary N) is 1. The minimum atomic E-state index is 0.0825. The number of carbonyl (C=O) groups is 1. The second kappa shape index (κ2) is 4.56. The molecule has 0 spiro atoms. The van der Waals surface area contributed by atoms with Crippen LogP contribution < -0.4 is 5.73 Å². The number of hydrogen-bond donors (Lipinski definition) is 1. The molecular formula is C14H17ClN2O. The monoisotopic (exact) mass is 264 g/mol. The van der Waals surface area contributed by atoms with Gasteiger partial charge in [-0.05, 0) is 42.9 Å². The molecule has 2 aliphatic rings. The minimum Gasteiger partial charge on any atom is -0.338 e. The van der Waals surface area contributed by atoms with Crippen LogP contribution in [0.25, 0.3) is 0 Å². The van der Waals surface area contributed by atoms with Crippen LogP contribution in [-0.2, 0) is 0 Å². The van der Waals surface area contributed by atoms with Crippen LogP contribution in [0.4, 0.5) is 0 Å². The first-order valence-corrected chi connectivity index (χ1v) is 6.83. The molecule has 1 heterocycles. The molecule has 1 aromatic carbocycles. The van der Waals surface area contributed by atoms with E-state index in [2.05, 4.69) is 0 Å². The van der Waals surface area contributed by atoms with Crippen LogP contribution in [0.3, 0.4) is 0 Å². The average molecular weight is 265 g/mol. The maximum absolute atomic E-state index is 12.4. The predicted molar refractivity (Wildman–Crippen MR) is 71.5 cm³/mol. The lowest BCUT2D eigenvalue weighted by Gasteiger charge is -2.18. The van der Waals surface area contributed by atoms with E-state index in [1.165, 1.54) is 0 Å². The standard InChI is InChI=1S/C14H17ClN2O/c15-11-3-1-2-9(6-11)14(18)17-7-10-4-5-13(16)12(10)8-17/h1-3,6,10,12-13H,4-5,7-8,16H2/t10-,12-,13+/m0/s1. The first kappa shape index (κ1) is 12.0. The van der Waals surface area contributed by atoms with E-state index in [0.717, 1.165) is 25.9 Å². The van der Waals surface area contributed by atoms with Crippen molar-refractivity contribution >= 4 is 17.5 Å². The lowest BCUT2D eigenvalue weighted by Crippen LogP contribution is -2.33. The molecule has 2 N–H and O–H groups in total. The second-order valence-electron chi connectivity index (χ2n) is 5.39. The number of rotatable bonds is 1. The molecule has 2 fully saturated rings. The van der Waals surface area contributed by atoms with E-state index < -0.39 is 0 Å². The summed E-state index contributed by atoms with van der Waals surface area (Å²) in [7, 11) is 0. The molecule has 1 saturated carbocycles. The highest BCUT2D eigenvalue weighted by Crippen LogP contribution is 2.37. The lowest BCUT2D eigenvalue weighted by atomic mass is 9.98. The van der Waals surface area contributed by atoms with Gasteiger partial charge >= 0.3 is 0 Å². The Labute approximate surface area is 112 Å². The first-order chi connectivity index (χ1) is 8.65. The maximum atomic E-state index is 12.4. The van der Waals surface area contributed by atoms with Crippen molar-refractivity contribution in [2.75, 3.05) is 13.1 Å². The Kier molecular flexibility index (Phi) is 3.04. The van der Waals surface area contributed by atoms with Crippen molar-refractivity contribution < 1.29 is 4.79 Å². The zero-order chi connectivity index (χ0) is 12.7. The Morgan fingerprint density at radius 2 is 2.17 bits per heavy atom. The topological polar surface area (TPSA) is 46.3 Å². The molecule has 3 nitrogen and oxygen atoms in total. The van der Waals surface area contributed by atoms with Gasteiger partial charge in [0.1, 0.15) is 0 Å². The van der Waals surface area contributed by atoms with Crippen molar-refractivity contribution in [2.24, 2.45) is 17.6 Å². The molecule has 0 radical (unpaired) electrons. The van der Waals surface area contributed by atoms with Crippen LogP contribution in [0.2, 0.25) is 5.02 Å². The molecule has 0 bridgehead atoms. The van der Waals surface area contributed by atoms with Gasteiger partial charge in [0.2, 0.25) is 0 Å². The number of nitrogens with zero attached hydrogens (tertiary/aromatic N) is 1. The van der Waals surface area contributed by atoms with E-state index in [9.17, 15) is 4.79 Å². The van der Waals surface area contributed by atoms with Crippen LogP contribution in [0, 0.1) is 11.8 Å². The molecule has 3 rings (SSSR count). The van der Waals surface area contributed by atoms with Crippen molar-refractivity contribution in [3.05, 3.63) is 34.9 Å². The Bertz CT molecular complexity index is 477. The van der Waals surface area contributed by atoms with Gasteiger partial charge in [-0.2, -0.15) is 0 Å². The fourth-order valence-electron chi connectivity index (χ4n) is 3.28. The second-order valence-corrected chi connectivity index (χ2v) is 5.82. The van der Waals surface area contributed by atoms with E-state index in [-0.39, 0.29) is 11.9 Å². The molecule has 3 atom stereocenters. The Morgan fingerprint density at radius 1 is 1.33 bits per heavy atom. The summed E-state index contributed by atoms with van der Waals surface area (Å²) < 4.78 is 0. The van der Waals surface area contributed by atoms with Gasteiger partial charge in [0, 0.05) is 29.7 Å². The van der Waals surface area contributed by atoms with Gasteiger partial charge in [-0.1, -0.05) is 17.7 Å². The highest BCUT2D eigenvalue weighted by atomic mass is 35.5. The Morgan fingerprint density at radius 3 is 2.89 bits per heavy atom. The van der Waals surface area contributed by atoms with Gasteiger partial charge in [-0.25, -0.2) is 0 Å². The summed E-state index contributed by atoms with van der Waals surface area (Å²) in [5.41, 5.74) is 6.76. The molecule has 0 unspecified atom stereocenters. The third kappa shape index (κ3) is 2.02. The maximum Gasteiger partial charge on any atom is 0.253 e. The van der Waals surface area contributed by atoms with Gasteiger partial charge in [0.25, 0.3) is 5.91 Å². The van der Waals surface area contributed by atoms with E-state index in [0.29, 0.717) is 22.4 Å². The van der Waals surface area contributed by atoms with E-state index in [4.69, 9.17) is 17.3 Å². The Hall–Kier alpha value is -1.06. The zero-order valence-corrected chi connectivity index (χ0v) is 10.9. The van der Waals surface area contributed by atoms with Crippen LogP contribution in [0.1, 0.15) is 23.2 Å². The number of likely N-dealkylation sites (tertiary alicyclic amines) is 1. The molecule has 1 saturated heterocycles. The molecule has 1 aliphatic heterocycles. The molecule has 4 heteroatoms. The minimum absolute atomic E-state index is 0.0825. The van der Waals surface area contributed by atoms with Crippen LogP contribution in [0.15, 0.2) is 24.3 Å². The van der Waals surface area contributed by atoms with E-state index in [1.807, 2.05) is 17.0 Å². The first-order valence-electron chi connectivity index (χ1n) is 6.45. The molecule has 1 aliphatic carbocycles. The molecule has 18 heavy (non-hydrogen) atoms. The highest BCUT2D eigenvalue weighted by Gasteiger charge is 2.42. The van der Waals surface area contributed by atoms with E-state index >= 15 is 0 Å². The lowest BCUT2D eigenvalue weighted by molar-refractivity contribution is 0.0779. The third-order valence-corrected chi connectivity index (χ3v) is 4.51. The number of halogens is 1. The van der Waals surface area contributed by atoms with Crippen LogP contribution >= 0.6 is 11.6 Å². The summed E-state index contributed by atoms with van der Waals surface area (Å²) in [5, 5.41) is 0.608. The third-order valence-electron chi connectivity index (χ3n) is 4.27. The average Bonchev–Trinajstić information content (AvgIpc) is 2.91. The van der Waals surface area contributed by atoms with Gasteiger partial charge in [0.05, 0.1) is 0 Å². The van der Waals surface area contributed by atoms with Gasteiger partial charge in [0.15, 0.2) is 0 Å². The van der Waals surface area contributed by atoms with Crippen molar-refractivity contribution in [2.45, 2.75) is 18.9 Å². The predicted octanol–water partition coefficient (Wildman–Crippen LogP) is 2.15. The smallest absolute Gasteiger partial charge is 0.253 e. The van der Waals surface area contributed by atoms with Crippen molar-refractivity contribution in [1.29, 1.82) is 0 Å². The summed E-state index contributed by atoms with van der Waals surface area (Å²) in [4.78, 5) is 14.3. The zero-order valence-electron chi connectivity index (χ0n) is 10.2. The quantitative estimate of drug-likeness (QED) is 0.845. The van der Waals surface area contributed by atoms with Crippen LogP contribution in [0.5, 0.6) is 0 Å². The number of fused-ring (bicyclic) bond motifs is 1. The van der Waals surface area contributed by atoms with Crippen molar-refractivity contribution in [1.82, 2.24) is 4.90 Å². The molecule has 1 aromatic rings. The number of benzene rings is 1. The number of carbonyl (C=O) groups excluding carboxylic acids is 1. The van der Waals surface area contributed by atoms with Crippen molar-refractivity contribution in [3.8, 4) is 0 Å². The molecular weight excluding hydrogens is 248 g/mol. The summed E-state index contributed by atoms with van der Waals surface area (Å²) in [5.74, 6) is 1.18. The largest absolute Gasteiger partial charge is 0.338 e. The van der Waals surface area contributed by atoms with Crippen LogP contribution in [-0.4, -0.2) is 29.9 Å². The molecule has 96 valence electrons. The molecule has 0 aromatic heterocycles. The normalized spacial score (nSPS) is 30.6. The SMILES string of the molecule is N[C@@H]1CC[C@H]2CN(C(=O)c3cccc(Cl)c3)C[C@@H]21. The fourth-order valence-corrected chi connectivity index (χ4v) is 3.47. The summed E-state index contributed by atoms with van der Waals surface area (Å²) in [6.45, 7) is 1.65. The number of hydrogen-bond acceptors (Lipinski definition) is 2. The Balaban J connectivity index is 1.75. The van der Waals surface area contributed by atoms with Crippen molar-refractivity contribution in [3.63, 3.8) is 0 Å². The summed E-state index contributed by atoms with van der Waals surface area (Å²) in [6, 6.07) is 7.43. The van der Waals surface area contributed by atoms with Gasteiger partial charge in [-0.3, -0.25) is 4.79 Å². The highest BCUT2D eigenvalue weighted by molar-refractivity contribution is 6.30. The summed E-state index contributed by atoms with van der Waals surface area (Å²) in [6.07, 6.45) is 2.26. The molecule has 1 amide bonds.